The third kappa shape index (κ3) is 14.2. The lowest BCUT2D eigenvalue weighted by Crippen LogP contribution is -1.63. The average Bonchev–Trinajstić information content (AvgIpc) is 2.39. The van der Waals surface area contributed by atoms with Crippen molar-refractivity contribution in [1.29, 1.82) is 0 Å². The van der Waals surface area contributed by atoms with Gasteiger partial charge < -0.3 is 0 Å². The van der Waals surface area contributed by atoms with Crippen LogP contribution in [0.5, 0.6) is 0 Å². The average molecular weight is 240 g/mol. The molecule has 0 heteroatoms. The molecule has 0 atom stereocenters. The van der Waals surface area contributed by atoms with Crippen LogP contribution in [0.15, 0.2) is 85.6 Å². The maximum absolute atomic E-state index is 3.61. The maximum Gasteiger partial charge on any atom is -0.0313 e. The molecule has 0 bridgehead atoms. The maximum atomic E-state index is 3.61. The molecule has 0 saturated heterocycles. The molecular weight excluding hydrogens is 216 g/mol. The van der Waals surface area contributed by atoms with Gasteiger partial charge in [-0.2, -0.15) is 0 Å². The Balaban J connectivity index is 3.59. The van der Waals surface area contributed by atoms with E-state index in [0.29, 0.717) is 0 Å². The largest absolute Gasteiger partial charge is 0.0991 e. The molecule has 0 aliphatic rings. The molecule has 0 rings (SSSR count). The molecule has 0 radical (unpaired) electrons. The van der Waals surface area contributed by atoms with E-state index < -0.39 is 0 Å². The van der Waals surface area contributed by atoms with Gasteiger partial charge in [-0.15, -0.1) is 0 Å². The Morgan fingerprint density at radius 1 is 0.611 bits per heavy atom. The molecular formula is C18H24. The van der Waals surface area contributed by atoms with Gasteiger partial charge in [-0.3, -0.25) is 0 Å². The summed E-state index contributed by atoms with van der Waals surface area (Å²) in [5, 5.41) is 0. The van der Waals surface area contributed by atoms with Crippen molar-refractivity contribution in [2.24, 2.45) is 0 Å². The van der Waals surface area contributed by atoms with E-state index in [2.05, 4.69) is 50.0 Å². The molecule has 0 N–H and O–H groups in total. The van der Waals surface area contributed by atoms with Gasteiger partial charge in [-0.25, -0.2) is 0 Å². The fourth-order valence-corrected chi connectivity index (χ4v) is 1.16. The van der Waals surface area contributed by atoms with Gasteiger partial charge in [-0.05, 0) is 19.3 Å². The number of allylic oxidation sites excluding steroid dienone is 13. The summed E-state index contributed by atoms with van der Waals surface area (Å²) in [6, 6.07) is 0. The first-order valence-corrected chi connectivity index (χ1v) is 6.51. The van der Waals surface area contributed by atoms with Crippen molar-refractivity contribution in [3.63, 3.8) is 0 Å². The first-order valence-electron chi connectivity index (χ1n) is 6.51. The number of hydrogen-bond acceptors (Lipinski definition) is 0. The summed E-state index contributed by atoms with van der Waals surface area (Å²) in [7, 11) is 0. The van der Waals surface area contributed by atoms with E-state index in [1.54, 1.807) is 6.08 Å². The molecule has 0 fully saturated rings. The monoisotopic (exact) mass is 240 g/mol. The van der Waals surface area contributed by atoms with E-state index in [1.165, 1.54) is 0 Å². The first kappa shape index (κ1) is 16.2. The third-order valence-corrected chi connectivity index (χ3v) is 2.06. The van der Waals surface area contributed by atoms with Crippen LogP contribution in [-0.2, 0) is 0 Å². The van der Waals surface area contributed by atoms with E-state index in [9.17, 15) is 0 Å². The minimum atomic E-state index is 1.07. The summed E-state index contributed by atoms with van der Waals surface area (Å²) >= 11 is 0. The Morgan fingerprint density at radius 3 is 1.56 bits per heavy atom. The Hall–Kier alpha value is -1.82. The third-order valence-electron chi connectivity index (χ3n) is 2.06. The number of rotatable bonds is 9. The van der Waals surface area contributed by atoms with Gasteiger partial charge in [0.2, 0.25) is 0 Å². The van der Waals surface area contributed by atoms with Crippen LogP contribution >= 0.6 is 0 Å². The molecule has 0 aromatic rings. The fraction of sp³-hybridized carbons (Fsp3) is 0.222. The van der Waals surface area contributed by atoms with Gasteiger partial charge in [0.1, 0.15) is 0 Å². The van der Waals surface area contributed by atoms with Crippen LogP contribution in [0.25, 0.3) is 0 Å². The zero-order valence-corrected chi connectivity index (χ0v) is 11.3. The SMILES string of the molecule is C=C/C=C/C=C/CC/C=C/C=C/C=C/C=C/CC. The highest BCUT2D eigenvalue weighted by Gasteiger charge is 1.73. The molecule has 0 aliphatic carbocycles. The Bertz CT molecular complexity index is 346. The smallest absolute Gasteiger partial charge is 0.0313 e. The highest BCUT2D eigenvalue weighted by atomic mass is 13.8. The minimum absolute atomic E-state index is 1.07. The lowest BCUT2D eigenvalue weighted by molar-refractivity contribution is 1.05. The van der Waals surface area contributed by atoms with Gasteiger partial charge in [0.05, 0.1) is 0 Å². The van der Waals surface area contributed by atoms with E-state index in [4.69, 9.17) is 0 Å². The van der Waals surface area contributed by atoms with Crippen molar-refractivity contribution < 1.29 is 0 Å². The van der Waals surface area contributed by atoms with Crippen LogP contribution in [-0.4, -0.2) is 0 Å². The van der Waals surface area contributed by atoms with Crippen LogP contribution < -0.4 is 0 Å². The fourth-order valence-electron chi connectivity index (χ4n) is 1.16. The van der Waals surface area contributed by atoms with Crippen LogP contribution in [0, 0.1) is 0 Å². The number of unbranched alkanes of at least 4 members (excludes halogenated alkanes) is 1. The molecule has 0 aromatic heterocycles. The van der Waals surface area contributed by atoms with E-state index in [-0.39, 0.29) is 0 Å². The van der Waals surface area contributed by atoms with Crippen molar-refractivity contribution in [1.82, 2.24) is 0 Å². The van der Waals surface area contributed by atoms with Gasteiger partial charge in [0, 0.05) is 0 Å². The minimum Gasteiger partial charge on any atom is -0.0991 e. The van der Waals surface area contributed by atoms with Crippen molar-refractivity contribution >= 4 is 0 Å². The van der Waals surface area contributed by atoms with Gasteiger partial charge >= 0.3 is 0 Å². The molecule has 0 aromatic carbocycles. The highest BCUT2D eigenvalue weighted by molar-refractivity contribution is 5.15. The predicted octanol–water partition coefficient (Wildman–Crippen LogP) is 5.70. The van der Waals surface area contributed by atoms with Crippen LogP contribution in [0.2, 0.25) is 0 Å². The summed E-state index contributed by atoms with van der Waals surface area (Å²) in [5.41, 5.74) is 0. The Labute approximate surface area is 112 Å². The van der Waals surface area contributed by atoms with E-state index >= 15 is 0 Å². The van der Waals surface area contributed by atoms with Crippen LogP contribution in [0.4, 0.5) is 0 Å². The first-order chi connectivity index (χ1) is 8.91. The predicted molar refractivity (Wildman–Crippen MR) is 84.6 cm³/mol. The quantitative estimate of drug-likeness (QED) is 0.358. The second-order valence-corrected chi connectivity index (χ2v) is 3.66. The molecule has 0 saturated carbocycles. The normalized spacial score (nSPS) is 13.4. The molecule has 0 heterocycles. The van der Waals surface area contributed by atoms with E-state index in [1.807, 2.05) is 36.5 Å². The second kappa shape index (κ2) is 15.2. The van der Waals surface area contributed by atoms with E-state index in [0.717, 1.165) is 19.3 Å². The zero-order valence-electron chi connectivity index (χ0n) is 11.3. The molecule has 96 valence electrons. The summed E-state index contributed by atoms with van der Waals surface area (Å²) in [6.07, 6.45) is 29.8. The lowest BCUT2D eigenvalue weighted by Gasteiger charge is -1.83. The Morgan fingerprint density at radius 2 is 1.06 bits per heavy atom. The number of hydrogen-bond donors (Lipinski definition) is 0. The molecule has 0 unspecified atom stereocenters. The standard InChI is InChI=1S/C18H24/c1-3-5-7-9-11-13-15-17-18-16-14-12-10-8-6-4-2/h3,5-12,14,16-18H,1,4,13,15H2,2H3/b7-5+,8-6+,11-9+,12-10+,16-14+,18-17+. The lowest BCUT2D eigenvalue weighted by atomic mass is 10.2. The second-order valence-electron chi connectivity index (χ2n) is 3.66. The van der Waals surface area contributed by atoms with Gasteiger partial charge in [0.25, 0.3) is 0 Å². The summed E-state index contributed by atoms with van der Waals surface area (Å²) in [6.45, 7) is 5.74. The molecule has 0 amide bonds. The van der Waals surface area contributed by atoms with Crippen molar-refractivity contribution in [2.75, 3.05) is 0 Å². The molecule has 0 nitrogen and oxygen atoms in total. The molecule has 18 heavy (non-hydrogen) atoms. The summed E-state index contributed by atoms with van der Waals surface area (Å²) in [4.78, 5) is 0. The topological polar surface area (TPSA) is 0 Å². The Kier molecular flexibility index (Phi) is 13.6. The zero-order chi connectivity index (χ0) is 13.3. The summed E-state index contributed by atoms with van der Waals surface area (Å²) < 4.78 is 0. The van der Waals surface area contributed by atoms with Gasteiger partial charge in [-0.1, -0.05) is 92.5 Å². The van der Waals surface area contributed by atoms with Crippen molar-refractivity contribution in [3.8, 4) is 0 Å². The van der Waals surface area contributed by atoms with Crippen LogP contribution in [0.1, 0.15) is 26.2 Å². The molecule has 0 spiro atoms. The van der Waals surface area contributed by atoms with Gasteiger partial charge in [0.15, 0.2) is 0 Å². The van der Waals surface area contributed by atoms with Crippen molar-refractivity contribution in [2.45, 2.75) is 26.2 Å². The highest BCUT2D eigenvalue weighted by Crippen LogP contribution is 1.94. The summed E-state index contributed by atoms with van der Waals surface area (Å²) in [5.74, 6) is 0. The van der Waals surface area contributed by atoms with Crippen molar-refractivity contribution in [3.05, 3.63) is 85.6 Å². The molecule has 0 aliphatic heterocycles. The van der Waals surface area contributed by atoms with Crippen LogP contribution in [0.3, 0.4) is 0 Å².